The molecular formula is C13H18O2S. The predicted molar refractivity (Wildman–Crippen MR) is 67.0 cm³/mol. The lowest BCUT2D eigenvalue weighted by Gasteiger charge is -2.34. The maximum absolute atomic E-state index is 8.57. The Labute approximate surface area is 101 Å². The fraction of sp³-hybridized carbons (Fsp3) is 0.538. The van der Waals surface area contributed by atoms with Crippen molar-refractivity contribution in [2.45, 2.75) is 44.1 Å². The molecule has 0 saturated carbocycles. The van der Waals surface area contributed by atoms with Crippen LogP contribution in [0.1, 0.15) is 37.0 Å². The van der Waals surface area contributed by atoms with E-state index in [1.807, 2.05) is 11.8 Å². The molecule has 1 aliphatic rings. The molecule has 1 aliphatic heterocycles. The molecule has 0 atom stereocenters. The molecule has 0 saturated heterocycles. The van der Waals surface area contributed by atoms with Gasteiger partial charge < -0.3 is 0 Å². The highest BCUT2D eigenvalue weighted by atomic mass is 32.2. The van der Waals surface area contributed by atoms with Crippen molar-refractivity contribution < 1.29 is 10.1 Å². The summed E-state index contributed by atoms with van der Waals surface area (Å²) in [5.74, 6) is 1.19. The van der Waals surface area contributed by atoms with E-state index in [0.717, 1.165) is 5.56 Å². The van der Waals surface area contributed by atoms with Crippen LogP contribution in [-0.4, -0.2) is 11.0 Å². The summed E-state index contributed by atoms with van der Waals surface area (Å²) in [4.78, 5) is 5.65. The number of hydrogen-bond acceptors (Lipinski definition) is 3. The Morgan fingerprint density at radius 2 is 2.19 bits per heavy atom. The first-order valence-corrected chi connectivity index (χ1v) is 6.57. The van der Waals surface area contributed by atoms with Gasteiger partial charge in [-0.25, -0.2) is 4.89 Å². The van der Waals surface area contributed by atoms with Gasteiger partial charge in [0, 0.05) is 4.90 Å². The van der Waals surface area contributed by atoms with E-state index in [0.29, 0.717) is 0 Å². The van der Waals surface area contributed by atoms with Crippen LogP contribution in [0.15, 0.2) is 17.0 Å². The minimum absolute atomic E-state index is 0.232. The van der Waals surface area contributed by atoms with Gasteiger partial charge in [0.25, 0.3) is 0 Å². The van der Waals surface area contributed by atoms with Crippen molar-refractivity contribution in [3.63, 3.8) is 0 Å². The summed E-state index contributed by atoms with van der Waals surface area (Å²) in [5, 5.41) is 8.57. The molecule has 1 aromatic rings. The Morgan fingerprint density at radius 3 is 2.88 bits per heavy atom. The molecule has 88 valence electrons. The van der Waals surface area contributed by atoms with Gasteiger partial charge >= 0.3 is 0 Å². The largest absolute Gasteiger partial charge is 0.251 e. The van der Waals surface area contributed by atoms with Crippen LogP contribution in [0.4, 0.5) is 0 Å². The third-order valence-electron chi connectivity index (χ3n) is 3.42. The SMILES string of the molecule is Cc1c(COO)ccc2c1C(C)(C)CCS2. The van der Waals surface area contributed by atoms with Crippen LogP contribution in [0.3, 0.4) is 0 Å². The maximum atomic E-state index is 8.57. The Morgan fingerprint density at radius 1 is 1.44 bits per heavy atom. The molecule has 0 spiro atoms. The fourth-order valence-electron chi connectivity index (χ4n) is 2.46. The molecule has 0 unspecified atom stereocenters. The van der Waals surface area contributed by atoms with E-state index in [1.165, 1.54) is 28.2 Å². The molecule has 3 heteroatoms. The van der Waals surface area contributed by atoms with Crippen molar-refractivity contribution in [1.82, 2.24) is 0 Å². The zero-order valence-corrected chi connectivity index (χ0v) is 10.9. The van der Waals surface area contributed by atoms with Crippen molar-refractivity contribution in [1.29, 1.82) is 0 Å². The summed E-state index contributed by atoms with van der Waals surface area (Å²) in [6.07, 6.45) is 1.20. The Bertz CT molecular complexity index is 399. The molecule has 0 aliphatic carbocycles. The van der Waals surface area contributed by atoms with Gasteiger partial charge in [-0.2, -0.15) is 0 Å². The molecular weight excluding hydrogens is 220 g/mol. The third-order valence-corrected chi connectivity index (χ3v) is 4.48. The summed E-state index contributed by atoms with van der Waals surface area (Å²) >= 11 is 1.93. The molecule has 1 N–H and O–H groups in total. The highest BCUT2D eigenvalue weighted by molar-refractivity contribution is 7.99. The normalized spacial score (nSPS) is 18.2. The summed E-state index contributed by atoms with van der Waals surface area (Å²) in [6, 6.07) is 4.21. The van der Waals surface area contributed by atoms with Crippen molar-refractivity contribution in [3.05, 3.63) is 28.8 Å². The number of fused-ring (bicyclic) bond motifs is 1. The molecule has 1 aromatic carbocycles. The van der Waals surface area contributed by atoms with E-state index in [2.05, 4.69) is 37.8 Å². The molecule has 0 bridgehead atoms. The average molecular weight is 238 g/mol. The second-order valence-electron chi connectivity index (χ2n) is 4.98. The van der Waals surface area contributed by atoms with Gasteiger partial charge in [-0.3, -0.25) is 5.26 Å². The highest BCUT2D eigenvalue weighted by Gasteiger charge is 2.30. The molecule has 2 nitrogen and oxygen atoms in total. The summed E-state index contributed by atoms with van der Waals surface area (Å²) < 4.78 is 0. The Kier molecular flexibility index (Phi) is 3.29. The minimum atomic E-state index is 0.232. The Balaban J connectivity index is 2.53. The zero-order valence-electron chi connectivity index (χ0n) is 10.0. The zero-order chi connectivity index (χ0) is 11.8. The fourth-order valence-corrected chi connectivity index (χ4v) is 4.03. The second-order valence-corrected chi connectivity index (χ2v) is 6.12. The lowest BCUT2D eigenvalue weighted by Crippen LogP contribution is -2.24. The number of thioether (sulfide) groups is 1. The van der Waals surface area contributed by atoms with Crippen LogP contribution < -0.4 is 0 Å². The van der Waals surface area contributed by atoms with Crippen LogP contribution in [0, 0.1) is 6.92 Å². The van der Waals surface area contributed by atoms with Crippen LogP contribution in [-0.2, 0) is 16.9 Å². The monoisotopic (exact) mass is 238 g/mol. The van der Waals surface area contributed by atoms with Crippen LogP contribution in [0.5, 0.6) is 0 Å². The maximum Gasteiger partial charge on any atom is 0.107 e. The Hall–Kier alpha value is -0.510. The quantitative estimate of drug-likeness (QED) is 0.628. The van der Waals surface area contributed by atoms with Crippen LogP contribution >= 0.6 is 11.8 Å². The van der Waals surface area contributed by atoms with E-state index in [1.54, 1.807) is 0 Å². The molecule has 0 aromatic heterocycles. The van der Waals surface area contributed by atoms with Crippen molar-refractivity contribution >= 4 is 11.8 Å². The van der Waals surface area contributed by atoms with E-state index in [-0.39, 0.29) is 12.0 Å². The van der Waals surface area contributed by atoms with Gasteiger partial charge in [-0.1, -0.05) is 19.9 Å². The lowest BCUT2D eigenvalue weighted by atomic mass is 9.78. The van der Waals surface area contributed by atoms with Gasteiger partial charge in [0.2, 0.25) is 0 Å². The smallest absolute Gasteiger partial charge is 0.107 e. The molecule has 0 amide bonds. The van der Waals surface area contributed by atoms with E-state index in [9.17, 15) is 0 Å². The lowest BCUT2D eigenvalue weighted by molar-refractivity contribution is -0.253. The van der Waals surface area contributed by atoms with Crippen LogP contribution in [0.25, 0.3) is 0 Å². The highest BCUT2D eigenvalue weighted by Crippen LogP contribution is 2.43. The summed E-state index contributed by atoms with van der Waals surface area (Å²) in [7, 11) is 0. The van der Waals surface area contributed by atoms with Crippen molar-refractivity contribution in [3.8, 4) is 0 Å². The van der Waals surface area contributed by atoms with Gasteiger partial charge in [-0.15, -0.1) is 11.8 Å². The molecule has 1 heterocycles. The van der Waals surface area contributed by atoms with Gasteiger partial charge in [0.1, 0.15) is 6.61 Å². The number of hydrogen-bond donors (Lipinski definition) is 1. The second kappa shape index (κ2) is 4.40. The summed E-state index contributed by atoms with van der Waals surface area (Å²) in [6.45, 7) is 6.99. The first-order chi connectivity index (χ1) is 7.56. The molecule has 0 radical (unpaired) electrons. The van der Waals surface area contributed by atoms with Gasteiger partial charge in [0.15, 0.2) is 0 Å². The standard InChI is InChI=1S/C13H18O2S/c1-9-10(8-15-14)4-5-11-12(9)13(2,3)6-7-16-11/h4-5,14H,6-8H2,1-3H3. The average Bonchev–Trinajstić information content (AvgIpc) is 2.21. The van der Waals surface area contributed by atoms with E-state index in [4.69, 9.17) is 5.26 Å². The summed E-state index contributed by atoms with van der Waals surface area (Å²) in [5.41, 5.74) is 4.01. The van der Waals surface area contributed by atoms with Gasteiger partial charge in [-0.05, 0) is 47.3 Å². The number of rotatable bonds is 2. The van der Waals surface area contributed by atoms with Gasteiger partial charge in [0.05, 0.1) is 0 Å². The molecule has 16 heavy (non-hydrogen) atoms. The van der Waals surface area contributed by atoms with E-state index < -0.39 is 0 Å². The molecule has 0 fully saturated rings. The predicted octanol–water partition coefficient (Wildman–Crippen LogP) is 3.76. The molecule has 2 rings (SSSR count). The van der Waals surface area contributed by atoms with E-state index >= 15 is 0 Å². The third kappa shape index (κ3) is 1.99. The van der Waals surface area contributed by atoms with Crippen LogP contribution in [0.2, 0.25) is 0 Å². The van der Waals surface area contributed by atoms with Crippen molar-refractivity contribution in [2.75, 3.05) is 5.75 Å². The van der Waals surface area contributed by atoms with Crippen molar-refractivity contribution in [2.24, 2.45) is 0 Å². The topological polar surface area (TPSA) is 29.5 Å². The first kappa shape index (κ1) is 12.0. The minimum Gasteiger partial charge on any atom is -0.251 e. The first-order valence-electron chi connectivity index (χ1n) is 5.58. The number of benzene rings is 1.